The maximum atomic E-state index is 6.63. The van der Waals surface area contributed by atoms with Gasteiger partial charge in [-0.2, -0.15) is 0 Å². The Hall–Kier alpha value is -7.36. The van der Waals surface area contributed by atoms with Crippen LogP contribution in [-0.4, -0.2) is 10.7 Å². The molecule has 288 valence electrons. The fourth-order valence-electron chi connectivity index (χ4n) is 9.61. The smallest absolute Gasteiger partial charge is 0.148 e. The van der Waals surface area contributed by atoms with Crippen molar-refractivity contribution in [3.05, 3.63) is 235 Å². The molecule has 3 heteroatoms. The maximum Gasteiger partial charge on any atom is 0.148 e. The minimum atomic E-state index is -0.106. The van der Waals surface area contributed by atoms with E-state index in [9.17, 15) is 0 Å². The molecule has 0 saturated carbocycles. The Morgan fingerprint density at radius 3 is 2.15 bits per heavy atom. The Kier molecular flexibility index (Phi) is 8.45. The highest BCUT2D eigenvalue weighted by Gasteiger charge is 2.36. The summed E-state index contributed by atoms with van der Waals surface area (Å²) in [5, 5.41) is 1.18. The predicted molar refractivity (Wildman–Crippen MR) is 251 cm³/mol. The van der Waals surface area contributed by atoms with Crippen molar-refractivity contribution in [3.63, 3.8) is 0 Å². The number of para-hydroxylation sites is 2. The first-order valence-electron chi connectivity index (χ1n) is 20.9. The summed E-state index contributed by atoms with van der Waals surface area (Å²) >= 11 is 0. The molecule has 0 radical (unpaired) electrons. The summed E-state index contributed by atoms with van der Waals surface area (Å²) in [7, 11) is 0. The van der Waals surface area contributed by atoms with Gasteiger partial charge in [-0.1, -0.05) is 160 Å². The van der Waals surface area contributed by atoms with Crippen LogP contribution in [0, 0.1) is 0 Å². The first-order valence-corrected chi connectivity index (χ1v) is 20.9. The largest absolute Gasteiger partial charge is 0.483 e. The number of allylic oxidation sites excluding steroid dienone is 4. The number of nitrogens with zero attached hydrogens (tertiary/aromatic N) is 2. The van der Waals surface area contributed by atoms with Crippen molar-refractivity contribution < 1.29 is 4.74 Å². The zero-order valence-electron chi connectivity index (χ0n) is 33.8. The first kappa shape index (κ1) is 35.8. The molecule has 0 fully saturated rings. The number of benzene rings is 7. The second-order valence-electron chi connectivity index (χ2n) is 16.6. The van der Waals surface area contributed by atoms with E-state index in [-0.39, 0.29) is 17.4 Å². The van der Waals surface area contributed by atoms with Gasteiger partial charge in [-0.25, -0.2) is 0 Å². The average Bonchev–Trinajstić information content (AvgIpc) is 3.94. The van der Waals surface area contributed by atoms with Crippen molar-refractivity contribution in [1.29, 1.82) is 0 Å². The van der Waals surface area contributed by atoms with Crippen molar-refractivity contribution in [2.75, 3.05) is 4.90 Å². The van der Waals surface area contributed by atoms with Gasteiger partial charge < -0.3 is 14.2 Å². The van der Waals surface area contributed by atoms with E-state index in [1.807, 2.05) is 0 Å². The summed E-state index contributed by atoms with van der Waals surface area (Å²) in [6.45, 7) is 9.24. The lowest BCUT2D eigenvalue weighted by atomic mass is 9.82. The molecule has 1 aromatic heterocycles. The second kappa shape index (κ2) is 14.2. The zero-order chi connectivity index (χ0) is 40.4. The van der Waals surface area contributed by atoms with Crippen LogP contribution in [0.1, 0.15) is 47.7 Å². The van der Waals surface area contributed by atoms with Gasteiger partial charge in [-0.15, -0.1) is 0 Å². The summed E-state index contributed by atoms with van der Waals surface area (Å²) in [4.78, 5) is 2.37. The summed E-state index contributed by atoms with van der Waals surface area (Å²) in [5.74, 6) is 1.18. The van der Waals surface area contributed by atoms with Gasteiger partial charge in [0.2, 0.25) is 0 Å². The molecule has 8 aromatic rings. The van der Waals surface area contributed by atoms with Gasteiger partial charge in [0.25, 0.3) is 0 Å². The van der Waals surface area contributed by atoms with Crippen LogP contribution < -0.4 is 9.64 Å². The Labute approximate surface area is 352 Å². The highest BCUT2D eigenvalue weighted by Crippen LogP contribution is 2.51. The minimum absolute atomic E-state index is 0.0194. The fourth-order valence-corrected chi connectivity index (χ4v) is 9.61. The SMILES string of the molecule is C=C(/C=C\c1cc2ccccc2n1-c1cccc2c1OC1C=CC=CC21)c1ccc(N(c2ccc(-c3ccccc3)cc2)c2ccc3c(c2)C(C)(C)c2ccccc2-3)cc1. The summed E-state index contributed by atoms with van der Waals surface area (Å²) in [5.41, 5.74) is 17.5. The molecule has 2 unspecified atom stereocenters. The average molecular weight is 773 g/mol. The lowest BCUT2D eigenvalue weighted by molar-refractivity contribution is 0.268. The van der Waals surface area contributed by atoms with Crippen molar-refractivity contribution in [3.8, 4) is 33.7 Å². The molecule has 60 heavy (non-hydrogen) atoms. The van der Waals surface area contributed by atoms with Crippen LogP contribution in [0.5, 0.6) is 5.75 Å². The molecular formula is C57H44N2O. The van der Waals surface area contributed by atoms with Gasteiger partial charge in [-0.3, -0.25) is 0 Å². The van der Waals surface area contributed by atoms with Crippen LogP contribution in [0.15, 0.2) is 207 Å². The standard InChI is InChI=1S/C57H44N2O/c1-38(24-29-45-36-42-16-7-11-21-53(42)59(45)54-22-13-19-50-49-18-9-12-23-55(49)60-56(50)54)39-25-30-43(31-26-39)58(44-32-27-41(28-33-44)40-14-5-4-6-15-40)46-34-35-48-47-17-8-10-20-51(47)57(2,3)52(48)37-46/h4-37,49,55H,1H2,2-3H3/b29-24-. The third-order valence-corrected chi connectivity index (χ3v) is 12.7. The van der Waals surface area contributed by atoms with Crippen molar-refractivity contribution >= 4 is 39.6 Å². The molecule has 7 aromatic carbocycles. The lowest BCUT2D eigenvalue weighted by Crippen LogP contribution is -2.16. The van der Waals surface area contributed by atoms with Crippen molar-refractivity contribution in [1.82, 2.24) is 4.57 Å². The van der Waals surface area contributed by atoms with E-state index in [1.54, 1.807) is 0 Å². The van der Waals surface area contributed by atoms with Crippen molar-refractivity contribution in [2.24, 2.45) is 0 Å². The highest BCUT2D eigenvalue weighted by molar-refractivity contribution is 5.89. The number of hydrogen-bond acceptors (Lipinski definition) is 2. The molecule has 0 saturated heterocycles. The quantitative estimate of drug-likeness (QED) is 0.143. The topological polar surface area (TPSA) is 17.4 Å². The predicted octanol–water partition coefficient (Wildman–Crippen LogP) is 14.8. The molecule has 2 aliphatic carbocycles. The van der Waals surface area contributed by atoms with Gasteiger partial charge in [0.1, 0.15) is 11.9 Å². The Morgan fingerprint density at radius 1 is 0.633 bits per heavy atom. The molecule has 2 atom stereocenters. The minimum Gasteiger partial charge on any atom is -0.483 e. The molecule has 3 aliphatic rings. The van der Waals surface area contributed by atoms with Crippen molar-refractivity contribution in [2.45, 2.75) is 31.3 Å². The Morgan fingerprint density at radius 2 is 1.32 bits per heavy atom. The lowest BCUT2D eigenvalue weighted by Gasteiger charge is -2.28. The maximum absolute atomic E-state index is 6.63. The summed E-state index contributed by atoms with van der Waals surface area (Å²) < 4.78 is 8.95. The Bertz CT molecular complexity index is 3050. The number of anilines is 3. The highest BCUT2D eigenvalue weighted by atomic mass is 16.5. The molecule has 0 spiro atoms. The number of hydrogen-bond donors (Lipinski definition) is 0. The van der Waals surface area contributed by atoms with Crippen LogP contribution in [0.4, 0.5) is 17.1 Å². The van der Waals surface area contributed by atoms with E-state index >= 15 is 0 Å². The van der Waals surface area contributed by atoms with Gasteiger partial charge in [0.15, 0.2) is 0 Å². The van der Waals surface area contributed by atoms with Crippen LogP contribution in [0.3, 0.4) is 0 Å². The van der Waals surface area contributed by atoms with E-state index in [2.05, 4.69) is 236 Å². The summed E-state index contributed by atoms with van der Waals surface area (Å²) in [6.07, 6.45) is 12.9. The molecule has 1 aliphatic heterocycles. The van der Waals surface area contributed by atoms with E-state index in [4.69, 9.17) is 4.74 Å². The normalized spacial score (nSPS) is 16.6. The van der Waals surface area contributed by atoms with Gasteiger partial charge in [-0.05, 0) is 111 Å². The van der Waals surface area contributed by atoms with Crippen LogP contribution in [0.25, 0.3) is 50.5 Å². The van der Waals surface area contributed by atoms with Crippen LogP contribution in [-0.2, 0) is 5.41 Å². The van der Waals surface area contributed by atoms with Gasteiger partial charge in [0, 0.05) is 45.0 Å². The molecule has 0 amide bonds. The van der Waals surface area contributed by atoms with E-state index < -0.39 is 0 Å². The second-order valence-corrected chi connectivity index (χ2v) is 16.6. The number of aromatic nitrogens is 1. The monoisotopic (exact) mass is 772 g/mol. The van der Waals surface area contributed by atoms with E-state index in [1.165, 1.54) is 44.3 Å². The molecule has 2 heterocycles. The van der Waals surface area contributed by atoms with Gasteiger partial charge >= 0.3 is 0 Å². The molecule has 3 nitrogen and oxygen atoms in total. The van der Waals surface area contributed by atoms with Crippen LogP contribution >= 0.6 is 0 Å². The fraction of sp³-hybridized carbons (Fsp3) is 0.0877. The third kappa shape index (κ3) is 5.88. The molecule has 11 rings (SSSR count). The number of rotatable bonds is 8. The number of fused-ring (bicyclic) bond motifs is 7. The molecule has 0 bridgehead atoms. The first-order chi connectivity index (χ1) is 29.4. The Balaban J connectivity index is 0.938. The third-order valence-electron chi connectivity index (χ3n) is 12.7. The van der Waals surface area contributed by atoms with E-state index in [0.29, 0.717) is 0 Å². The molecule has 0 N–H and O–H groups in total. The summed E-state index contributed by atoms with van der Waals surface area (Å²) in [6, 6.07) is 61.4. The number of ether oxygens (including phenoxy) is 1. The van der Waals surface area contributed by atoms with Gasteiger partial charge in [0.05, 0.1) is 11.2 Å². The van der Waals surface area contributed by atoms with Crippen LogP contribution in [0.2, 0.25) is 0 Å². The molecular weight excluding hydrogens is 729 g/mol. The zero-order valence-corrected chi connectivity index (χ0v) is 33.8. The van der Waals surface area contributed by atoms with E-state index in [0.717, 1.165) is 50.8 Å².